The number of hydrogen-bond acceptors (Lipinski definition) is 6. The molecule has 0 spiro atoms. The second-order valence-electron chi connectivity index (χ2n) is 17.4. The lowest BCUT2D eigenvalue weighted by molar-refractivity contribution is -0.887. The first-order valence-electron chi connectivity index (χ1n) is 23.7. The molecule has 330 valence electrons. The quantitative estimate of drug-likeness (QED) is 0.0284. The average Bonchev–Trinajstić information content (AvgIpc) is 3.15. The highest BCUT2D eigenvalue weighted by Crippen LogP contribution is 2.15. The number of nitrogens with zero attached hydrogens (tertiary/aromatic N) is 1. The molecule has 2 atom stereocenters. The number of carboxylic acids is 1. The summed E-state index contributed by atoms with van der Waals surface area (Å²) in [6, 6.07) is -0.610. The van der Waals surface area contributed by atoms with Crippen LogP contribution in [0.1, 0.15) is 226 Å². The summed E-state index contributed by atoms with van der Waals surface area (Å²) in [5.41, 5.74) is 0. The van der Waals surface area contributed by atoms with E-state index < -0.39 is 18.1 Å². The van der Waals surface area contributed by atoms with Gasteiger partial charge in [-0.2, -0.15) is 0 Å². The average molecular weight is 795 g/mol. The maximum absolute atomic E-state index is 12.7. The fourth-order valence-corrected chi connectivity index (χ4v) is 7.21. The fourth-order valence-electron chi connectivity index (χ4n) is 7.21. The number of carbonyl (C=O) groups is 3. The summed E-state index contributed by atoms with van der Waals surface area (Å²) in [6.07, 6.45) is 42.5. The Labute approximate surface area is 346 Å². The second-order valence-corrected chi connectivity index (χ2v) is 17.4. The number of ether oxygens (including phenoxy) is 3. The number of aliphatic carboxylic acids is 1. The Bertz CT molecular complexity index is 931. The Balaban J connectivity index is 4.21. The van der Waals surface area contributed by atoms with Gasteiger partial charge in [0, 0.05) is 19.3 Å². The van der Waals surface area contributed by atoms with Crippen molar-refractivity contribution in [1.29, 1.82) is 0 Å². The third kappa shape index (κ3) is 37.6. The summed E-state index contributed by atoms with van der Waals surface area (Å²) in [7, 11) is 5.54. The molecule has 0 rings (SSSR count). The summed E-state index contributed by atoms with van der Waals surface area (Å²) in [4.78, 5) is 37.0. The van der Waals surface area contributed by atoms with Crippen LogP contribution in [0, 0.1) is 0 Å². The first-order valence-corrected chi connectivity index (χ1v) is 23.7. The van der Waals surface area contributed by atoms with Gasteiger partial charge in [0.25, 0.3) is 0 Å². The van der Waals surface area contributed by atoms with Gasteiger partial charge in [-0.25, -0.2) is 4.79 Å². The Hall–Kier alpha value is -1.93. The van der Waals surface area contributed by atoms with E-state index >= 15 is 0 Å². The van der Waals surface area contributed by atoms with Crippen LogP contribution in [0.25, 0.3) is 0 Å². The van der Waals surface area contributed by atoms with Gasteiger partial charge >= 0.3 is 17.9 Å². The topological polar surface area (TPSA) is 99.1 Å². The van der Waals surface area contributed by atoms with Crippen molar-refractivity contribution in [3.05, 3.63) is 12.2 Å². The van der Waals surface area contributed by atoms with Crippen molar-refractivity contribution in [2.24, 2.45) is 0 Å². The Morgan fingerprint density at radius 3 is 1.29 bits per heavy atom. The maximum Gasteiger partial charge on any atom is 0.362 e. The van der Waals surface area contributed by atoms with Gasteiger partial charge in [-0.15, -0.1) is 0 Å². The van der Waals surface area contributed by atoms with E-state index in [0.717, 1.165) is 38.5 Å². The number of carbonyl (C=O) groups excluding carboxylic acids is 2. The van der Waals surface area contributed by atoms with Gasteiger partial charge in [0.05, 0.1) is 34.4 Å². The van der Waals surface area contributed by atoms with E-state index in [0.29, 0.717) is 19.3 Å². The summed E-state index contributed by atoms with van der Waals surface area (Å²) >= 11 is 0. The van der Waals surface area contributed by atoms with E-state index in [1.54, 1.807) is 0 Å². The smallest absolute Gasteiger partial charge is 0.362 e. The minimum atomic E-state index is -0.872. The molecule has 0 amide bonds. The molecular formula is C48H92NO7+. The molecule has 0 saturated heterocycles. The van der Waals surface area contributed by atoms with Gasteiger partial charge in [-0.1, -0.05) is 180 Å². The number of likely N-dealkylation sites (N-methyl/N-ethyl adjacent to an activating group) is 1. The van der Waals surface area contributed by atoms with Crippen LogP contribution in [-0.2, 0) is 28.6 Å². The summed E-state index contributed by atoms with van der Waals surface area (Å²) in [5.74, 6) is -1.45. The molecule has 0 heterocycles. The zero-order chi connectivity index (χ0) is 41.4. The molecule has 0 bridgehead atoms. The van der Waals surface area contributed by atoms with Crippen LogP contribution in [0.15, 0.2) is 12.2 Å². The van der Waals surface area contributed by atoms with Gasteiger partial charge in [-0.3, -0.25) is 9.59 Å². The van der Waals surface area contributed by atoms with Gasteiger partial charge in [0.1, 0.15) is 6.61 Å². The fraction of sp³-hybridized carbons (Fsp3) is 0.896. The van der Waals surface area contributed by atoms with E-state index in [9.17, 15) is 19.5 Å². The molecule has 0 aliphatic carbocycles. The lowest BCUT2D eigenvalue weighted by atomic mass is 10.1. The zero-order valence-corrected chi connectivity index (χ0v) is 37.6. The standard InChI is InChI=1S/C48H91NO7/c1-6-8-10-12-14-16-18-19-20-21-22-23-24-25-26-27-29-31-33-35-37-39-47(51)56-44(42-54-41-40-45(48(52)53)49(3,4)5)43-55-46(50)38-36-34-32-30-28-17-15-13-11-9-7-2/h21-22,44-45H,6-20,23-43H2,1-5H3/p+1/b22-21-. The van der Waals surface area contributed by atoms with Crippen molar-refractivity contribution in [3.8, 4) is 0 Å². The first-order chi connectivity index (χ1) is 27.1. The van der Waals surface area contributed by atoms with E-state index in [4.69, 9.17) is 14.2 Å². The highest BCUT2D eigenvalue weighted by atomic mass is 16.6. The van der Waals surface area contributed by atoms with E-state index in [1.165, 1.54) is 154 Å². The SMILES string of the molecule is CCCCCCCCCC/C=C\CCCCCCCCCCCC(=O)OC(COCCC(C(=O)O)[N+](C)(C)C)COC(=O)CCCCCCCCCCCCC. The third-order valence-corrected chi connectivity index (χ3v) is 10.9. The molecule has 0 fully saturated rings. The molecule has 8 heteroatoms. The van der Waals surface area contributed by atoms with Crippen molar-refractivity contribution in [3.63, 3.8) is 0 Å². The predicted molar refractivity (Wildman–Crippen MR) is 234 cm³/mol. The third-order valence-electron chi connectivity index (χ3n) is 10.9. The first kappa shape index (κ1) is 54.1. The largest absolute Gasteiger partial charge is 0.477 e. The molecule has 0 aliphatic heterocycles. The maximum atomic E-state index is 12.7. The number of carboxylic acid groups (broad SMARTS) is 1. The van der Waals surface area contributed by atoms with E-state index in [1.807, 2.05) is 21.1 Å². The van der Waals surface area contributed by atoms with Crippen molar-refractivity contribution in [1.82, 2.24) is 0 Å². The number of unbranched alkanes of at least 4 members (excludes halogenated alkanes) is 27. The van der Waals surface area contributed by atoms with Crippen LogP contribution in [0.2, 0.25) is 0 Å². The molecule has 0 aromatic heterocycles. The molecule has 56 heavy (non-hydrogen) atoms. The summed E-state index contributed by atoms with van der Waals surface area (Å²) in [5, 5.41) is 9.62. The normalized spacial score (nSPS) is 12.9. The number of hydrogen-bond donors (Lipinski definition) is 1. The van der Waals surface area contributed by atoms with Crippen LogP contribution in [-0.4, -0.2) is 80.6 Å². The van der Waals surface area contributed by atoms with E-state index in [-0.39, 0.29) is 36.2 Å². The number of quaternary nitrogens is 1. The monoisotopic (exact) mass is 795 g/mol. The number of rotatable bonds is 43. The van der Waals surface area contributed by atoms with Crippen molar-refractivity contribution in [2.75, 3.05) is 41.0 Å². The van der Waals surface area contributed by atoms with Crippen LogP contribution < -0.4 is 0 Å². The lowest BCUT2D eigenvalue weighted by Crippen LogP contribution is -2.50. The Morgan fingerprint density at radius 1 is 0.518 bits per heavy atom. The zero-order valence-electron chi connectivity index (χ0n) is 37.6. The van der Waals surface area contributed by atoms with Gasteiger partial charge < -0.3 is 23.8 Å². The Kier molecular flexibility index (Phi) is 38.5. The van der Waals surface area contributed by atoms with Crippen molar-refractivity contribution in [2.45, 2.75) is 238 Å². The van der Waals surface area contributed by atoms with Crippen LogP contribution in [0.5, 0.6) is 0 Å². The summed E-state index contributed by atoms with van der Waals surface area (Å²) in [6.45, 7) is 4.75. The lowest BCUT2D eigenvalue weighted by Gasteiger charge is -2.31. The molecule has 8 nitrogen and oxygen atoms in total. The molecule has 2 unspecified atom stereocenters. The minimum absolute atomic E-state index is 0.0457. The predicted octanol–water partition coefficient (Wildman–Crippen LogP) is 13.1. The van der Waals surface area contributed by atoms with Crippen LogP contribution >= 0.6 is 0 Å². The molecule has 0 saturated carbocycles. The highest BCUT2D eigenvalue weighted by molar-refractivity contribution is 5.72. The number of allylic oxidation sites excluding steroid dienone is 2. The molecule has 1 N–H and O–H groups in total. The van der Waals surface area contributed by atoms with Crippen molar-refractivity contribution < 1.29 is 38.2 Å². The van der Waals surface area contributed by atoms with Gasteiger partial charge in [-0.05, 0) is 38.5 Å². The molecule has 0 aromatic rings. The van der Waals surface area contributed by atoms with Gasteiger partial charge in [0.15, 0.2) is 12.1 Å². The number of esters is 2. The van der Waals surface area contributed by atoms with Crippen LogP contribution in [0.3, 0.4) is 0 Å². The molecule has 0 aliphatic rings. The summed E-state index contributed by atoms with van der Waals surface area (Å²) < 4.78 is 17.3. The molecule has 0 aromatic carbocycles. The minimum Gasteiger partial charge on any atom is -0.477 e. The van der Waals surface area contributed by atoms with Crippen LogP contribution in [0.4, 0.5) is 0 Å². The second kappa shape index (κ2) is 39.9. The molecule has 0 radical (unpaired) electrons. The van der Waals surface area contributed by atoms with Gasteiger partial charge in [0.2, 0.25) is 0 Å². The Morgan fingerprint density at radius 2 is 0.893 bits per heavy atom. The van der Waals surface area contributed by atoms with E-state index in [2.05, 4.69) is 26.0 Å². The highest BCUT2D eigenvalue weighted by Gasteiger charge is 2.31. The molecular weight excluding hydrogens is 703 g/mol. The van der Waals surface area contributed by atoms with Crippen molar-refractivity contribution >= 4 is 17.9 Å².